The molecular weight excluding hydrogens is 565 g/mol. The van der Waals surface area contributed by atoms with Crippen LogP contribution in [0.1, 0.15) is 21.5 Å². The van der Waals surface area contributed by atoms with Gasteiger partial charge < -0.3 is 16.0 Å². The first-order valence-electron chi connectivity index (χ1n) is 12.2. The molecule has 0 saturated carbocycles. The number of halogens is 2. The van der Waals surface area contributed by atoms with Gasteiger partial charge in [-0.25, -0.2) is 0 Å². The van der Waals surface area contributed by atoms with Crippen LogP contribution in [0, 0.1) is 6.92 Å². The SMILES string of the molecule is Cc1ccc(NC(=O)CSc2ccc(NC(=O)/C(=C/c3ccc(Cl)cc3)NC(=O)c3ccccc3)cc2)cc1Cl. The summed E-state index contributed by atoms with van der Waals surface area (Å²) in [5, 5.41) is 9.51. The predicted molar refractivity (Wildman–Crippen MR) is 164 cm³/mol. The number of rotatable bonds is 9. The van der Waals surface area contributed by atoms with Crippen molar-refractivity contribution in [2.45, 2.75) is 11.8 Å². The van der Waals surface area contributed by atoms with Crippen LogP contribution in [0.4, 0.5) is 11.4 Å². The number of aryl methyl sites for hydroxylation is 1. The van der Waals surface area contributed by atoms with Crippen molar-refractivity contribution < 1.29 is 14.4 Å². The lowest BCUT2D eigenvalue weighted by molar-refractivity contribution is -0.114. The highest BCUT2D eigenvalue weighted by Crippen LogP contribution is 2.23. The minimum atomic E-state index is -0.490. The van der Waals surface area contributed by atoms with Crippen LogP contribution in [0.5, 0.6) is 0 Å². The smallest absolute Gasteiger partial charge is 0.272 e. The van der Waals surface area contributed by atoms with Crippen molar-refractivity contribution in [3.63, 3.8) is 0 Å². The molecule has 0 fully saturated rings. The van der Waals surface area contributed by atoms with E-state index in [-0.39, 0.29) is 17.4 Å². The van der Waals surface area contributed by atoms with E-state index in [2.05, 4.69) is 16.0 Å². The second-order valence-electron chi connectivity index (χ2n) is 8.71. The first-order chi connectivity index (χ1) is 19.3. The fourth-order valence-corrected chi connectivity index (χ4v) is 4.52. The monoisotopic (exact) mass is 589 g/mol. The largest absolute Gasteiger partial charge is 0.325 e. The molecule has 40 heavy (non-hydrogen) atoms. The summed E-state index contributed by atoms with van der Waals surface area (Å²) < 4.78 is 0. The molecule has 9 heteroatoms. The van der Waals surface area contributed by atoms with Gasteiger partial charge in [-0.1, -0.05) is 59.6 Å². The van der Waals surface area contributed by atoms with Gasteiger partial charge in [0.05, 0.1) is 5.75 Å². The average molecular weight is 591 g/mol. The van der Waals surface area contributed by atoms with E-state index in [0.717, 1.165) is 10.5 Å². The molecule has 0 aromatic heterocycles. The van der Waals surface area contributed by atoms with Crippen LogP contribution in [-0.2, 0) is 9.59 Å². The Balaban J connectivity index is 1.39. The van der Waals surface area contributed by atoms with E-state index in [4.69, 9.17) is 23.2 Å². The number of thioether (sulfide) groups is 1. The molecule has 4 aromatic carbocycles. The Morgan fingerprint density at radius 1 is 0.800 bits per heavy atom. The molecule has 0 saturated heterocycles. The van der Waals surface area contributed by atoms with Gasteiger partial charge in [-0.15, -0.1) is 11.8 Å². The normalized spacial score (nSPS) is 11.0. The van der Waals surface area contributed by atoms with Gasteiger partial charge in [0, 0.05) is 31.9 Å². The Labute approximate surface area is 246 Å². The van der Waals surface area contributed by atoms with Crippen molar-refractivity contribution in [2.24, 2.45) is 0 Å². The number of amides is 3. The maximum Gasteiger partial charge on any atom is 0.272 e. The Kier molecular flexibility index (Phi) is 10.0. The van der Waals surface area contributed by atoms with Crippen LogP contribution in [0.25, 0.3) is 6.08 Å². The van der Waals surface area contributed by atoms with Crippen molar-refractivity contribution in [3.05, 3.63) is 129 Å². The van der Waals surface area contributed by atoms with Crippen molar-refractivity contribution in [1.29, 1.82) is 0 Å². The summed E-state index contributed by atoms with van der Waals surface area (Å²) in [6, 6.07) is 28.0. The number of hydrogen-bond acceptors (Lipinski definition) is 4. The zero-order valence-electron chi connectivity index (χ0n) is 21.4. The Morgan fingerprint density at radius 3 is 2.15 bits per heavy atom. The van der Waals surface area contributed by atoms with Crippen LogP contribution in [0.2, 0.25) is 10.0 Å². The van der Waals surface area contributed by atoms with E-state index >= 15 is 0 Å². The molecule has 3 N–H and O–H groups in total. The lowest BCUT2D eigenvalue weighted by Gasteiger charge is -2.12. The van der Waals surface area contributed by atoms with Gasteiger partial charge in [0.25, 0.3) is 11.8 Å². The summed E-state index contributed by atoms with van der Waals surface area (Å²) in [6.45, 7) is 1.90. The highest BCUT2D eigenvalue weighted by atomic mass is 35.5. The van der Waals surface area contributed by atoms with Gasteiger partial charge in [-0.2, -0.15) is 0 Å². The standard InChI is InChI=1S/C31H25Cl2N3O3S/c1-20-7-12-25(18-27(20)33)34-29(37)19-40-26-15-13-24(14-16-26)35-31(39)28(17-21-8-10-23(32)11-9-21)36-30(38)22-5-3-2-4-6-22/h2-18H,19H2,1H3,(H,34,37)(H,35,39)(H,36,38)/b28-17-. The van der Waals surface area contributed by atoms with Crippen LogP contribution in [-0.4, -0.2) is 23.5 Å². The average Bonchev–Trinajstić information content (AvgIpc) is 2.96. The van der Waals surface area contributed by atoms with E-state index in [1.165, 1.54) is 11.8 Å². The molecule has 0 aliphatic carbocycles. The molecule has 0 atom stereocenters. The number of anilines is 2. The molecule has 4 aromatic rings. The summed E-state index contributed by atoms with van der Waals surface area (Å²) in [5.74, 6) is -0.852. The minimum absolute atomic E-state index is 0.0718. The maximum atomic E-state index is 13.2. The minimum Gasteiger partial charge on any atom is -0.325 e. The molecule has 0 bridgehead atoms. The van der Waals surface area contributed by atoms with Crippen LogP contribution >= 0.6 is 35.0 Å². The van der Waals surface area contributed by atoms with Gasteiger partial charge in [0.1, 0.15) is 5.70 Å². The molecule has 0 unspecified atom stereocenters. The molecule has 0 aliphatic rings. The molecule has 202 valence electrons. The van der Waals surface area contributed by atoms with Crippen molar-refractivity contribution in [2.75, 3.05) is 16.4 Å². The number of carbonyl (C=O) groups excluding carboxylic acids is 3. The third-order valence-corrected chi connectivity index (χ3v) is 7.32. The molecule has 0 radical (unpaired) electrons. The Hall–Kier alpha value is -4.04. The maximum absolute atomic E-state index is 13.2. The fourth-order valence-electron chi connectivity index (χ4n) is 3.52. The quantitative estimate of drug-likeness (QED) is 0.140. The highest BCUT2D eigenvalue weighted by molar-refractivity contribution is 8.00. The van der Waals surface area contributed by atoms with Crippen molar-refractivity contribution in [3.8, 4) is 0 Å². The number of carbonyl (C=O) groups is 3. The second kappa shape index (κ2) is 13.8. The van der Waals surface area contributed by atoms with Gasteiger partial charge in [-0.3, -0.25) is 14.4 Å². The summed E-state index contributed by atoms with van der Waals surface area (Å²) in [6.07, 6.45) is 1.58. The zero-order valence-corrected chi connectivity index (χ0v) is 23.7. The van der Waals surface area contributed by atoms with E-state index in [0.29, 0.717) is 32.5 Å². The molecular formula is C31H25Cl2N3O3S. The summed E-state index contributed by atoms with van der Waals surface area (Å²) in [5.41, 5.74) is 3.30. The first-order valence-corrected chi connectivity index (χ1v) is 13.9. The second-order valence-corrected chi connectivity index (χ2v) is 10.6. The lowest BCUT2D eigenvalue weighted by atomic mass is 10.1. The molecule has 0 aliphatic heterocycles. The topological polar surface area (TPSA) is 87.3 Å². The van der Waals surface area contributed by atoms with Gasteiger partial charge in [-0.05, 0) is 84.8 Å². The van der Waals surface area contributed by atoms with E-state index in [1.807, 2.05) is 19.1 Å². The van der Waals surface area contributed by atoms with Gasteiger partial charge in [0.2, 0.25) is 5.91 Å². The van der Waals surface area contributed by atoms with Gasteiger partial charge >= 0.3 is 0 Å². The summed E-state index contributed by atoms with van der Waals surface area (Å²) in [7, 11) is 0. The first kappa shape index (κ1) is 29.0. The molecule has 0 heterocycles. The van der Waals surface area contributed by atoms with Crippen LogP contribution < -0.4 is 16.0 Å². The summed E-state index contributed by atoms with van der Waals surface area (Å²) >= 11 is 13.5. The predicted octanol–water partition coefficient (Wildman–Crippen LogP) is 7.44. The van der Waals surface area contributed by atoms with Gasteiger partial charge in [0.15, 0.2) is 0 Å². The van der Waals surface area contributed by atoms with Crippen LogP contribution in [0.15, 0.2) is 108 Å². The Morgan fingerprint density at radius 2 is 1.48 bits per heavy atom. The molecule has 0 spiro atoms. The van der Waals surface area contributed by atoms with E-state index in [9.17, 15) is 14.4 Å². The lowest BCUT2D eigenvalue weighted by Crippen LogP contribution is -2.30. The zero-order chi connectivity index (χ0) is 28.5. The number of hydrogen-bond donors (Lipinski definition) is 3. The molecule has 6 nitrogen and oxygen atoms in total. The Bertz CT molecular complexity index is 1540. The third-order valence-electron chi connectivity index (χ3n) is 5.65. The summed E-state index contributed by atoms with van der Waals surface area (Å²) in [4.78, 5) is 39.2. The number of nitrogens with one attached hydrogen (secondary N) is 3. The van der Waals surface area contributed by atoms with E-state index < -0.39 is 11.8 Å². The van der Waals surface area contributed by atoms with Crippen LogP contribution in [0.3, 0.4) is 0 Å². The third kappa shape index (κ3) is 8.48. The van der Waals surface area contributed by atoms with Crippen molar-refractivity contribution in [1.82, 2.24) is 5.32 Å². The highest BCUT2D eigenvalue weighted by Gasteiger charge is 2.15. The molecule has 3 amide bonds. The number of benzene rings is 4. The fraction of sp³-hybridized carbons (Fsp3) is 0.0645. The molecule has 4 rings (SSSR count). The van der Waals surface area contributed by atoms with E-state index in [1.54, 1.807) is 91.0 Å². The van der Waals surface area contributed by atoms with Crippen molar-refractivity contribution >= 4 is 70.1 Å².